The van der Waals surface area contributed by atoms with Crippen molar-refractivity contribution < 1.29 is 23.8 Å². The Morgan fingerprint density at radius 2 is 1.83 bits per heavy atom. The summed E-state index contributed by atoms with van der Waals surface area (Å²) < 4.78 is 19.4. The van der Waals surface area contributed by atoms with Crippen LogP contribution in [0, 0.1) is 19.7 Å². The number of amides is 1. The number of Topliss-reactive ketones (excluding diaryl/α,β-unsaturated/α-hetero) is 1. The molecular formula is C31H26FN3O4S2. The van der Waals surface area contributed by atoms with Crippen LogP contribution in [0.4, 0.5) is 9.52 Å². The molecule has 1 saturated heterocycles. The van der Waals surface area contributed by atoms with Gasteiger partial charge in [0.25, 0.3) is 5.78 Å². The van der Waals surface area contributed by atoms with E-state index in [1.807, 2.05) is 26.0 Å². The van der Waals surface area contributed by atoms with Crippen molar-refractivity contribution in [2.75, 3.05) is 11.5 Å². The van der Waals surface area contributed by atoms with E-state index < -0.39 is 17.7 Å². The van der Waals surface area contributed by atoms with Gasteiger partial charge in [-0.25, -0.2) is 4.39 Å². The molecule has 1 amide bonds. The number of aliphatic hydroxyl groups excluding tert-OH is 1. The Labute approximate surface area is 245 Å². The van der Waals surface area contributed by atoms with Gasteiger partial charge in [0.15, 0.2) is 4.34 Å². The summed E-state index contributed by atoms with van der Waals surface area (Å²) in [4.78, 5) is 28.3. The Morgan fingerprint density at radius 3 is 2.54 bits per heavy atom. The van der Waals surface area contributed by atoms with Gasteiger partial charge >= 0.3 is 5.91 Å². The predicted molar refractivity (Wildman–Crippen MR) is 159 cm³/mol. The second kappa shape index (κ2) is 12.1. The van der Waals surface area contributed by atoms with Gasteiger partial charge in [-0.15, -0.1) is 10.2 Å². The number of halogens is 1. The highest BCUT2D eigenvalue weighted by Crippen LogP contribution is 2.44. The van der Waals surface area contributed by atoms with Crippen LogP contribution in [-0.2, 0) is 15.3 Å². The summed E-state index contributed by atoms with van der Waals surface area (Å²) in [6, 6.07) is 17.8. The molecule has 0 saturated carbocycles. The van der Waals surface area contributed by atoms with Crippen molar-refractivity contribution in [3.63, 3.8) is 0 Å². The first-order valence-corrected chi connectivity index (χ1v) is 14.5. The maximum absolute atomic E-state index is 13.5. The molecule has 0 bridgehead atoms. The molecule has 1 aliphatic heterocycles. The van der Waals surface area contributed by atoms with E-state index in [1.54, 1.807) is 48.5 Å². The summed E-state index contributed by atoms with van der Waals surface area (Å²) in [7, 11) is 0. The smallest absolute Gasteiger partial charge is 0.301 e. The number of thioether (sulfide) groups is 1. The number of ether oxygens (including phenoxy) is 1. The molecule has 5 rings (SSSR count). The molecule has 0 spiro atoms. The fourth-order valence-electron chi connectivity index (χ4n) is 4.47. The third-order valence-corrected chi connectivity index (χ3v) is 8.66. The third kappa shape index (κ3) is 5.94. The number of anilines is 1. The van der Waals surface area contributed by atoms with Gasteiger partial charge in [0.1, 0.15) is 23.9 Å². The molecule has 1 N–H and O–H groups in total. The summed E-state index contributed by atoms with van der Waals surface area (Å²) >= 11 is 2.55. The molecule has 1 aromatic heterocycles. The Bertz CT molecular complexity index is 1650. The molecule has 41 heavy (non-hydrogen) atoms. The molecule has 7 nitrogen and oxygen atoms in total. The van der Waals surface area contributed by atoms with Crippen molar-refractivity contribution >= 4 is 45.7 Å². The van der Waals surface area contributed by atoms with Crippen LogP contribution < -0.4 is 9.64 Å². The normalized spacial score (nSPS) is 16.3. The number of carbonyl (C=O) groups is 2. The van der Waals surface area contributed by atoms with Crippen molar-refractivity contribution in [1.82, 2.24) is 10.2 Å². The van der Waals surface area contributed by atoms with Crippen LogP contribution in [0.1, 0.15) is 33.9 Å². The van der Waals surface area contributed by atoms with Crippen molar-refractivity contribution in [2.45, 2.75) is 30.0 Å². The summed E-state index contributed by atoms with van der Waals surface area (Å²) in [5.41, 5.74) is 3.62. The average molecular weight is 588 g/mol. The monoisotopic (exact) mass is 587 g/mol. The molecular weight excluding hydrogens is 561 g/mol. The Kier molecular flexibility index (Phi) is 8.32. The highest BCUT2D eigenvalue weighted by atomic mass is 32.2. The molecule has 1 fully saturated rings. The SMILES string of the molecule is C=CCOc1ccc(C2/C(=C(\O)c3cc(C)ccc3C)C(=O)C(=O)N2c2nnc(SCc3ccc(F)cc3)s2)cc1. The molecule has 1 unspecified atom stereocenters. The summed E-state index contributed by atoms with van der Waals surface area (Å²) in [6.45, 7) is 7.71. The van der Waals surface area contributed by atoms with E-state index in [2.05, 4.69) is 16.8 Å². The zero-order chi connectivity index (χ0) is 29.1. The van der Waals surface area contributed by atoms with Gasteiger partial charge in [-0.2, -0.15) is 0 Å². The average Bonchev–Trinajstić information content (AvgIpc) is 3.54. The van der Waals surface area contributed by atoms with E-state index in [9.17, 15) is 19.1 Å². The minimum Gasteiger partial charge on any atom is -0.507 e. The van der Waals surface area contributed by atoms with Gasteiger partial charge in [0.2, 0.25) is 5.13 Å². The van der Waals surface area contributed by atoms with Gasteiger partial charge in [-0.05, 0) is 60.9 Å². The van der Waals surface area contributed by atoms with Crippen LogP contribution in [-0.4, -0.2) is 33.6 Å². The first-order chi connectivity index (χ1) is 19.8. The minimum absolute atomic E-state index is 0.0285. The molecule has 3 aromatic carbocycles. The van der Waals surface area contributed by atoms with Crippen LogP contribution in [0.2, 0.25) is 0 Å². The highest BCUT2D eigenvalue weighted by Gasteiger charge is 2.48. The van der Waals surface area contributed by atoms with Gasteiger partial charge in [0.05, 0.1) is 11.6 Å². The largest absolute Gasteiger partial charge is 0.507 e. The van der Waals surface area contributed by atoms with Crippen LogP contribution >= 0.6 is 23.1 Å². The number of hydrogen-bond acceptors (Lipinski definition) is 8. The maximum Gasteiger partial charge on any atom is 0.301 e. The van der Waals surface area contributed by atoms with Crippen molar-refractivity contribution in [1.29, 1.82) is 0 Å². The number of ketones is 1. The Hall–Kier alpha value is -4.28. The molecule has 1 aliphatic rings. The van der Waals surface area contributed by atoms with Crippen molar-refractivity contribution in [2.24, 2.45) is 0 Å². The van der Waals surface area contributed by atoms with Crippen LogP contribution in [0.15, 0.2) is 89.3 Å². The van der Waals surface area contributed by atoms with E-state index in [0.29, 0.717) is 33.6 Å². The Balaban J connectivity index is 1.55. The standard InChI is InChI=1S/C31H26FN3O4S2/c1-4-15-39-23-13-9-21(10-14-23)26-25(27(36)24-16-18(2)5-6-19(24)3)28(37)29(38)35(26)30-33-34-31(41-30)40-17-20-7-11-22(32)12-8-20/h4-14,16,26,36H,1,15,17H2,2-3H3/b27-25+. The number of aryl methyl sites for hydroxylation is 2. The molecule has 4 aromatic rings. The van der Waals surface area contributed by atoms with E-state index >= 15 is 0 Å². The lowest BCUT2D eigenvalue weighted by atomic mass is 9.93. The van der Waals surface area contributed by atoms with Crippen LogP contribution in [0.3, 0.4) is 0 Å². The second-order valence-electron chi connectivity index (χ2n) is 9.42. The first-order valence-electron chi connectivity index (χ1n) is 12.7. The van der Waals surface area contributed by atoms with E-state index in [0.717, 1.165) is 16.7 Å². The number of benzene rings is 3. The van der Waals surface area contributed by atoms with Gasteiger partial charge in [-0.1, -0.05) is 77.7 Å². The number of aromatic nitrogens is 2. The van der Waals surface area contributed by atoms with Crippen LogP contribution in [0.5, 0.6) is 5.75 Å². The molecule has 2 heterocycles. The molecule has 0 radical (unpaired) electrons. The topological polar surface area (TPSA) is 92.6 Å². The van der Waals surface area contributed by atoms with Crippen LogP contribution in [0.25, 0.3) is 5.76 Å². The predicted octanol–water partition coefficient (Wildman–Crippen LogP) is 6.78. The van der Waals surface area contributed by atoms with Gasteiger partial charge in [-0.3, -0.25) is 14.5 Å². The number of hydrogen-bond donors (Lipinski definition) is 1. The lowest BCUT2D eigenvalue weighted by Crippen LogP contribution is -2.29. The quantitative estimate of drug-likeness (QED) is 0.0576. The fourth-order valence-corrected chi connectivity index (χ4v) is 6.29. The number of nitrogens with zero attached hydrogens (tertiary/aromatic N) is 3. The lowest BCUT2D eigenvalue weighted by molar-refractivity contribution is -0.132. The molecule has 208 valence electrons. The maximum atomic E-state index is 13.5. The Morgan fingerprint density at radius 1 is 1.10 bits per heavy atom. The number of carbonyl (C=O) groups excluding carboxylic acids is 2. The molecule has 10 heteroatoms. The van der Waals surface area contributed by atoms with E-state index in [-0.39, 0.29) is 22.3 Å². The number of rotatable bonds is 9. The van der Waals surface area contributed by atoms with Gasteiger partial charge < -0.3 is 9.84 Å². The highest BCUT2D eigenvalue weighted by molar-refractivity contribution is 8.00. The molecule has 0 aliphatic carbocycles. The van der Waals surface area contributed by atoms with E-state index in [4.69, 9.17) is 4.74 Å². The first kappa shape index (κ1) is 28.3. The van der Waals surface area contributed by atoms with Crippen molar-refractivity contribution in [3.05, 3.63) is 119 Å². The zero-order valence-corrected chi connectivity index (χ0v) is 24.0. The lowest BCUT2D eigenvalue weighted by Gasteiger charge is -2.23. The number of aliphatic hydroxyl groups is 1. The molecule has 1 atom stereocenters. The van der Waals surface area contributed by atoms with Crippen molar-refractivity contribution in [3.8, 4) is 5.75 Å². The van der Waals surface area contributed by atoms with E-state index in [1.165, 1.54) is 40.1 Å². The van der Waals surface area contributed by atoms with Gasteiger partial charge in [0, 0.05) is 11.3 Å². The zero-order valence-electron chi connectivity index (χ0n) is 22.3. The minimum atomic E-state index is -0.939. The second-order valence-corrected chi connectivity index (χ2v) is 11.6. The summed E-state index contributed by atoms with van der Waals surface area (Å²) in [5.74, 6) is -1.06. The summed E-state index contributed by atoms with van der Waals surface area (Å²) in [5, 5.41) is 20.2. The third-order valence-electron chi connectivity index (χ3n) is 6.53. The fraction of sp³-hybridized carbons (Fsp3) is 0.161. The summed E-state index contributed by atoms with van der Waals surface area (Å²) in [6.07, 6.45) is 1.63.